The van der Waals surface area contributed by atoms with Gasteiger partial charge in [0.05, 0.1) is 18.0 Å². The van der Waals surface area contributed by atoms with E-state index in [1.165, 1.54) is 18.2 Å². The Hall–Kier alpha value is -1.98. The number of halogens is 1. The zero-order valence-corrected chi connectivity index (χ0v) is 18.1. The number of amides is 2. The van der Waals surface area contributed by atoms with E-state index in [1.807, 2.05) is 42.5 Å². The van der Waals surface area contributed by atoms with Crippen LogP contribution in [-0.2, 0) is 11.3 Å². The molecule has 6 heteroatoms. The minimum atomic E-state index is -0.0581. The van der Waals surface area contributed by atoms with Crippen molar-refractivity contribution in [2.45, 2.75) is 50.1 Å². The van der Waals surface area contributed by atoms with E-state index in [0.29, 0.717) is 28.8 Å². The summed E-state index contributed by atoms with van der Waals surface area (Å²) in [6, 6.07) is 13.4. The number of carbonyl (C=O) groups is 2. The first-order valence-corrected chi connectivity index (χ1v) is 11.5. The van der Waals surface area contributed by atoms with Crippen LogP contribution in [0.25, 0.3) is 0 Å². The van der Waals surface area contributed by atoms with Gasteiger partial charge in [0.15, 0.2) is 0 Å². The van der Waals surface area contributed by atoms with Gasteiger partial charge in [0, 0.05) is 21.5 Å². The number of hydrogen-bond donors (Lipinski definition) is 1. The van der Waals surface area contributed by atoms with Crippen molar-refractivity contribution in [1.82, 2.24) is 5.32 Å². The van der Waals surface area contributed by atoms with Crippen LogP contribution in [0.4, 0.5) is 5.69 Å². The van der Waals surface area contributed by atoms with Gasteiger partial charge in [0.25, 0.3) is 5.91 Å². The van der Waals surface area contributed by atoms with Crippen molar-refractivity contribution in [1.29, 1.82) is 0 Å². The fourth-order valence-electron chi connectivity index (χ4n) is 4.12. The largest absolute Gasteiger partial charge is 0.349 e. The van der Waals surface area contributed by atoms with Crippen LogP contribution in [0.3, 0.4) is 0 Å². The molecule has 2 aliphatic rings. The molecule has 4 rings (SSSR count). The summed E-state index contributed by atoms with van der Waals surface area (Å²) in [5.74, 6) is 0.888. The molecule has 1 fully saturated rings. The quantitative estimate of drug-likeness (QED) is 0.719. The molecule has 0 radical (unpaired) electrons. The number of anilines is 1. The van der Waals surface area contributed by atoms with Crippen molar-refractivity contribution in [2.24, 2.45) is 5.92 Å². The number of hydrogen-bond acceptors (Lipinski definition) is 3. The van der Waals surface area contributed by atoms with E-state index >= 15 is 0 Å². The van der Waals surface area contributed by atoms with Crippen LogP contribution in [-0.4, -0.2) is 23.6 Å². The van der Waals surface area contributed by atoms with Gasteiger partial charge in [-0.3, -0.25) is 9.59 Å². The van der Waals surface area contributed by atoms with E-state index in [1.54, 1.807) is 4.90 Å². The number of nitrogens with one attached hydrogen (secondary N) is 1. The van der Waals surface area contributed by atoms with E-state index in [-0.39, 0.29) is 17.9 Å². The van der Waals surface area contributed by atoms with Crippen LogP contribution < -0.4 is 10.2 Å². The van der Waals surface area contributed by atoms with Gasteiger partial charge in [0.1, 0.15) is 0 Å². The molecule has 0 bridgehead atoms. The first-order valence-electron chi connectivity index (χ1n) is 10.1. The van der Waals surface area contributed by atoms with Crippen molar-refractivity contribution in [3.8, 4) is 0 Å². The highest BCUT2D eigenvalue weighted by atomic mass is 35.5. The number of fused-ring (bicyclic) bond motifs is 1. The lowest BCUT2D eigenvalue weighted by atomic mass is 9.86. The second-order valence-corrected chi connectivity index (χ2v) is 9.38. The molecule has 0 aromatic heterocycles. The molecule has 152 valence electrons. The van der Waals surface area contributed by atoms with Gasteiger partial charge in [-0.15, -0.1) is 11.8 Å². The van der Waals surface area contributed by atoms with Crippen molar-refractivity contribution in [2.75, 3.05) is 10.7 Å². The van der Waals surface area contributed by atoms with Crippen LogP contribution in [0.5, 0.6) is 0 Å². The van der Waals surface area contributed by atoms with E-state index in [0.717, 1.165) is 35.4 Å². The fraction of sp³-hybridized carbons (Fsp3) is 0.391. The van der Waals surface area contributed by atoms with Gasteiger partial charge >= 0.3 is 0 Å². The predicted octanol–water partition coefficient (Wildman–Crippen LogP) is 5.29. The average molecular weight is 429 g/mol. The Morgan fingerprint density at radius 3 is 2.83 bits per heavy atom. The Morgan fingerprint density at radius 1 is 1.21 bits per heavy atom. The Morgan fingerprint density at radius 2 is 2.03 bits per heavy atom. The molecular formula is C23H25ClN2O2S. The first kappa shape index (κ1) is 20.3. The molecular weight excluding hydrogens is 404 g/mol. The lowest BCUT2D eigenvalue weighted by Crippen LogP contribution is -2.41. The second kappa shape index (κ2) is 8.80. The maximum absolute atomic E-state index is 12.9. The minimum absolute atomic E-state index is 0.0425. The summed E-state index contributed by atoms with van der Waals surface area (Å²) in [6.07, 6.45) is 4.60. The van der Waals surface area contributed by atoms with E-state index < -0.39 is 0 Å². The molecule has 2 amide bonds. The van der Waals surface area contributed by atoms with Crippen LogP contribution >= 0.6 is 23.4 Å². The van der Waals surface area contributed by atoms with Crippen molar-refractivity contribution in [3.05, 3.63) is 58.6 Å². The Kier molecular flexibility index (Phi) is 6.16. The third-order valence-corrected chi connectivity index (χ3v) is 7.10. The van der Waals surface area contributed by atoms with E-state index in [2.05, 4.69) is 12.2 Å². The molecule has 0 saturated heterocycles. The van der Waals surface area contributed by atoms with Crippen LogP contribution in [0.15, 0.2) is 47.4 Å². The van der Waals surface area contributed by atoms with Gasteiger partial charge in [-0.1, -0.05) is 43.5 Å². The Labute approximate surface area is 181 Å². The number of carbonyl (C=O) groups excluding carboxylic acids is 2. The summed E-state index contributed by atoms with van der Waals surface area (Å²) in [4.78, 5) is 28.3. The van der Waals surface area contributed by atoms with E-state index in [9.17, 15) is 9.59 Å². The van der Waals surface area contributed by atoms with E-state index in [4.69, 9.17) is 11.6 Å². The van der Waals surface area contributed by atoms with Crippen molar-refractivity contribution >= 4 is 40.9 Å². The summed E-state index contributed by atoms with van der Waals surface area (Å²) >= 11 is 7.63. The summed E-state index contributed by atoms with van der Waals surface area (Å²) in [5.41, 5.74) is 2.37. The number of rotatable bonds is 4. The molecule has 1 N–H and O–H groups in total. The molecule has 4 nitrogen and oxygen atoms in total. The standard InChI is InChI=1S/C23H25ClN2O2S/c1-15-5-2-3-8-19(15)25-23(28)17-9-10-21-20(12-17)26(22(27)14-29-21)13-16-6-4-7-18(24)11-16/h4,6-7,9-12,15,19H,2-3,5,8,13-14H2,1H3,(H,25,28)/t15-,19-/m0/s1. The molecule has 2 aromatic rings. The highest BCUT2D eigenvalue weighted by Gasteiger charge is 2.27. The smallest absolute Gasteiger partial charge is 0.251 e. The first-order chi connectivity index (χ1) is 14.0. The molecule has 2 atom stereocenters. The molecule has 1 saturated carbocycles. The van der Waals surface area contributed by atoms with Gasteiger partial charge in [-0.2, -0.15) is 0 Å². The summed E-state index contributed by atoms with van der Waals surface area (Å²) in [5, 5.41) is 3.86. The molecule has 29 heavy (non-hydrogen) atoms. The van der Waals surface area contributed by atoms with Gasteiger partial charge in [0.2, 0.25) is 5.91 Å². The third-order valence-electron chi connectivity index (χ3n) is 5.82. The zero-order chi connectivity index (χ0) is 20.4. The number of nitrogens with zero attached hydrogens (tertiary/aromatic N) is 1. The van der Waals surface area contributed by atoms with Gasteiger partial charge in [-0.05, 0) is 54.7 Å². The Balaban J connectivity index is 1.57. The second-order valence-electron chi connectivity index (χ2n) is 7.92. The lowest BCUT2D eigenvalue weighted by Gasteiger charge is -2.31. The molecule has 0 unspecified atom stereocenters. The third kappa shape index (κ3) is 4.62. The normalized spacial score (nSPS) is 21.6. The molecule has 1 aliphatic carbocycles. The number of benzene rings is 2. The zero-order valence-electron chi connectivity index (χ0n) is 16.5. The lowest BCUT2D eigenvalue weighted by molar-refractivity contribution is -0.116. The fourth-order valence-corrected chi connectivity index (χ4v) is 5.25. The molecule has 1 heterocycles. The van der Waals surface area contributed by atoms with Crippen LogP contribution in [0.2, 0.25) is 5.02 Å². The van der Waals surface area contributed by atoms with Gasteiger partial charge in [-0.25, -0.2) is 0 Å². The van der Waals surface area contributed by atoms with Gasteiger partial charge < -0.3 is 10.2 Å². The number of thioether (sulfide) groups is 1. The summed E-state index contributed by atoms with van der Waals surface area (Å²) in [6.45, 7) is 2.65. The highest BCUT2D eigenvalue weighted by Crippen LogP contribution is 2.37. The maximum atomic E-state index is 12.9. The monoisotopic (exact) mass is 428 g/mol. The van der Waals surface area contributed by atoms with Crippen LogP contribution in [0, 0.1) is 5.92 Å². The van der Waals surface area contributed by atoms with Crippen molar-refractivity contribution < 1.29 is 9.59 Å². The average Bonchev–Trinajstić information content (AvgIpc) is 2.71. The SMILES string of the molecule is C[C@H]1CCCC[C@@H]1NC(=O)c1ccc2c(c1)N(Cc1cccc(Cl)c1)C(=O)CS2. The predicted molar refractivity (Wildman–Crippen MR) is 119 cm³/mol. The summed E-state index contributed by atoms with van der Waals surface area (Å²) < 4.78 is 0. The minimum Gasteiger partial charge on any atom is -0.349 e. The Bertz CT molecular complexity index is 933. The maximum Gasteiger partial charge on any atom is 0.251 e. The highest BCUT2D eigenvalue weighted by molar-refractivity contribution is 8.00. The molecule has 0 spiro atoms. The summed E-state index contributed by atoms with van der Waals surface area (Å²) in [7, 11) is 0. The topological polar surface area (TPSA) is 49.4 Å². The van der Waals surface area contributed by atoms with Crippen molar-refractivity contribution in [3.63, 3.8) is 0 Å². The molecule has 2 aromatic carbocycles. The molecule has 1 aliphatic heterocycles. The van der Waals surface area contributed by atoms with Crippen LogP contribution in [0.1, 0.15) is 48.5 Å².